The molecule has 2 atom stereocenters. The standard InChI is InChI=1S/C12H19ClOS/c1-8(12(2,3)4)7-9(14)10-5-6-11(13)15-10/h5-6,8-9,14H,7H2,1-4H3. The summed E-state index contributed by atoms with van der Waals surface area (Å²) < 4.78 is 0.743. The van der Waals surface area contributed by atoms with Crippen LogP contribution in [0.3, 0.4) is 0 Å². The van der Waals surface area contributed by atoms with Crippen molar-refractivity contribution >= 4 is 22.9 Å². The average Bonchev–Trinajstić information content (AvgIpc) is 2.50. The third-order valence-electron chi connectivity index (χ3n) is 2.98. The summed E-state index contributed by atoms with van der Waals surface area (Å²) in [6, 6.07) is 3.75. The van der Waals surface area contributed by atoms with Crippen molar-refractivity contribution in [3.63, 3.8) is 0 Å². The van der Waals surface area contributed by atoms with E-state index in [9.17, 15) is 5.11 Å². The number of rotatable bonds is 3. The summed E-state index contributed by atoms with van der Waals surface area (Å²) in [5.41, 5.74) is 0.238. The van der Waals surface area contributed by atoms with Gasteiger partial charge in [0.1, 0.15) is 0 Å². The van der Waals surface area contributed by atoms with Crippen molar-refractivity contribution in [2.75, 3.05) is 0 Å². The van der Waals surface area contributed by atoms with Crippen LogP contribution in [0.25, 0.3) is 0 Å². The third-order valence-corrected chi connectivity index (χ3v) is 4.31. The van der Waals surface area contributed by atoms with Crippen LogP contribution in [0.4, 0.5) is 0 Å². The van der Waals surface area contributed by atoms with Crippen LogP contribution in [0.15, 0.2) is 12.1 Å². The Bertz CT molecular complexity index is 314. The van der Waals surface area contributed by atoms with E-state index in [1.807, 2.05) is 12.1 Å². The van der Waals surface area contributed by atoms with E-state index in [1.54, 1.807) is 0 Å². The van der Waals surface area contributed by atoms with Gasteiger partial charge in [-0.2, -0.15) is 0 Å². The summed E-state index contributed by atoms with van der Waals surface area (Å²) in [6.45, 7) is 8.78. The highest BCUT2D eigenvalue weighted by atomic mass is 35.5. The molecule has 1 nitrogen and oxygen atoms in total. The molecule has 0 saturated heterocycles. The van der Waals surface area contributed by atoms with Crippen molar-refractivity contribution in [2.24, 2.45) is 11.3 Å². The predicted octanol–water partition coefficient (Wildman–Crippen LogP) is 4.51. The molecule has 1 aromatic heterocycles. The molecule has 0 aliphatic carbocycles. The highest BCUT2D eigenvalue weighted by Crippen LogP contribution is 2.36. The van der Waals surface area contributed by atoms with Gasteiger partial charge in [0.05, 0.1) is 10.4 Å². The number of aliphatic hydroxyl groups excluding tert-OH is 1. The number of hydrogen-bond acceptors (Lipinski definition) is 2. The number of hydrogen-bond donors (Lipinski definition) is 1. The van der Waals surface area contributed by atoms with Crippen molar-refractivity contribution in [1.29, 1.82) is 0 Å². The Hall–Kier alpha value is -0.0500. The lowest BCUT2D eigenvalue weighted by molar-refractivity contribution is 0.113. The first-order valence-electron chi connectivity index (χ1n) is 5.24. The largest absolute Gasteiger partial charge is 0.388 e. The molecule has 1 heterocycles. The fourth-order valence-electron chi connectivity index (χ4n) is 1.31. The lowest BCUT2D eigenvalue weighted by Gasteiger charge is -2.28. The molecule has 0 aromatic carbocycles. The highest BCUT2D eigenvalue weighted by Gasteiger charge is 2.23. The second-order valence-corrected chi connectivity index (χ2v) is 6.91. The molecule has 15 heavy (non-hydrogen) atoms. The minimum atomic E-state index is -0.378. The van der Waals surface area contributed by atoms with Crippen LogP contribution in [0.2, 0.25) is 4.34 Å². The van der Waals surface area contributed by atoms with Gasteiger partial charge in [-0.05, 0) is 29.9 Å². The van der Waals surface area contributed by atoms with Crippen molar-refractivity contribution in [1.82, 2.24) is 0 Å². The summed E-state index contributed by atoms with van der Waals surface area (Å²) in [6.07, 6.45) is 0.414. The van der Waals surface area contributed by atoms with Crippen molar-refractivity contribution in [3.05, 3.63) is 21.3 Å². The SMILES string of the molecule is CC(CC(O)c1ccc(Cl)s1)C(C)(C)C. The molecule has 0 spiro atoms. The Morgan fingerprint density at radius 3 is 2.40 bits per heavy atom. The Balaban J connectivity index is 2.60. The Morgan fingerprint density at radius 1 is 1.40 bits per heavy atom. The molecule has 0 saturated carbocycles. The molecule has 0 fully saturated rings. The van der Waals surface area contributed by atoms with E-state index >= 15 is 0 Å². The molecular formula is C12H19ClOS. The first-order chi connectivity index (χ1) is 6.80. The molecule has 3 heteroatoms. The van der Waals surface area contributed by atoms with Gasteiger partial charge >= 0.3 is 0 Å². The summed E-state index contributed by atoms with van der Waals surface area (Å²) in [5, 5.41) is 10.0. The minimum absolute atomic E-state index is 0.238. The molecule has 86 valence electrons. The molecule has 0 aliphatic heterocycles. The zero-order valence-corrected chi connectivity index (χ0v) is 11.3. The maximum Gasteiger partial charge on any atom is 0.0932 e. The fourth-order valence-corrected chi connectivity index (χ4v) is 2.37. The molecule has 0 radical (unpaired) electrons. The summed E-state index contributed by atoms with van der Waals surface area (Å²) in [7, 11) is 0. The van der Waals surface area contributed by atoms with Gasteiger partial charge in [-0.1, -0.05) is 39.3 Å². The van der Waals surface area contributed by atoms with Crippen LogP contribution < -0.4 is 0 Å². The highest BCUT2D eigenvalue weighted by molar-refractivity contribution is 7.16. The molecule has 0 amide bonds. The quantitative estimate of drug-likeness (QED) is 0.832. The van der Waals surface area contributed by atoms with Gasteiger partial charge in [-0.3, -0.25) is 0 Å². The van der Waals surface area contributed by atoms with Crippen molar-refractivity contribution < 1.29 is 5.11 Å². The Morgan fingerprint density at radius 2 is 2.00 bits per heavy atom. The molecule has 0 aliphatic rings. The smallest absolute Gasteiger partial charge is 0.0932 e. The molecule has 0 bridgehead atoms. The van der Waals surface area contributed by atoms with E-state index in [-0.39, 0.29) is 11.5 Å². The first kappa shape index (κ1) is 13.0. The van der Waals surface area contributed by atoms with Gasteiger partial charge in [0.2, 0.25) is 0 Å². The minimum Gasteiger partial charge on any atom is -0.388 e. The van der Waals surface area contributed by atoms with Crippen LogP contribution in [0.5, 0.6) is 0 Å². The van der Waals surface area contributed by atoms with E-state index in [2.05, 4.69) is 27.7 Å². The predicted molar refractivity (Wildman–Crippen MR) is 67.5 cm³/mol. The molecular weight excluding hydrogens is 228 g/mol. The van der Waals surface area contributed by atoms with E-state index in [1.165, 1.54) is 11.3 Å². The molecule has 1 N–H and O–H groups in total. The number of aliphatic hydroxyl groups is 1. The normalized spacial score (nSPS) is 16.4. The van der Waals surface area contributed by atoms with Crippen LogP contribution in [0, 0.1) is 11.3 Å². The average molecular weight is 247 g/mol. The van der Waals surface area contributed by atoms with Crippen LogP contribution in [-0.4, -0.2) is 5.11 Å². The second-order valence-electron chi connectivity index (χ2n) is 5.16. The maximum absolute atomic E-state index is 10.0. The van der Waals surface area contributed by atoms with Gasteiger partial charge in [-0.25, -0.2) is 0 Å². The molecule has 1 aromatic rings. The second kappa shape index (κ2) is 4.86. The van der Waals surface area contributed by atoms with Gasteiger partial charge in [0, 0.05) is 4.88 Å². The van der Waals surface area contributed by atoms with E-state index < -0.39 is 0 Å². The van der Waals surface area contributed by atoms with Crippen LogP contribution in [-0.2, 0) is 0 Å². The maximum atomic E-state index is 10.0. The lowest BCUT2D eigenvalue weighted by atomic mass is 9.79. The zero-order valence-electron chi connectivity index (χ0n) is 9.75. The van der Waals surface area contributed by atoms with Gasteiger partial charge < -0.3 is 5.11 Å². The third kappa shape index (κ3) is 3.78. The van der Waals surface area contributed by atoms with Crippen LogP contribution in [0.1, 0.15) is 45.1 Å². The van der Waals surface area contributed by atoms with E-state index in [0.29, 0.717) is 5.92 Å². The zero-order chi connectivity index (χ0) is 11.6. The van der Waals surface area contributed by atoms with Crippen LogP contribution >= 0.6 is 22.9 Å². The Kier molecular flexibility index (Phi) is 4.21. The monoisotopic (exact) mass is 246 g/mol. The van der Waals surface area contributed by atoms with Gasteiger partial charge in [-0.15, -0.1) is 11.3 Å². The number of halogens is 1. The first-order valence-corrected chi connectivity index (χ1v) is 6.43. The topological polar surface area (TPSA) is 20.2 Å². The Labute approximate surface area is 101 Å². The van der Waals surface area contributed by atoms with Crippen molar-refractivity contribution in [3.8, 4) is 0 Å². The van der Waals surface area contributed by atoms with Crippen molar-refractivity contribution in [2.45, 2.75) is 40.2 Å². The lowest BCUT2D eigenvalue weighted by Crippen LogP contribution is -2.19. The molecule has 2 unspecified atom stereocenters. The fraction of sp³-hybridized carbons (Fsp3) is 0.667. The van der Waals surface area contributed by atoms with E-state index in [0.717, 1.165) is 15.6 Å². The summed E-state index contributed by atoms with van der Waals surface area (Å²) in [4.78, 5) is 0.969. The van der Waals surface area contributed by atoms with Gasteiger partial charge in [0.15, 0.2) is 0 Å². The van der Waals surface area contributed by atoms with E-state index in [4.69, 9.17) is 11.6 Å². The summed E-state index contributed by atoms with van der Waals surface area (Å²) >= 11 is 7.30. The molecule has 1 rings (SSSR count). The summed E-state index contributed by atoms with van der Waals surface area (Å²) in [5.74, 6) is 0.480. The number of thiophene rings is 1. The van der Waals surface area contributed by atoms with Gasteiger partial charge in [0.25, 0.3) is 0 Å².